The van der Waals surface area contributed by atoms with Crippen molar-refractivity contribution in [1.82, 2.24) is 9.88 Å². The summed E-state index contributed by atoms with van der Waals surface area (Å²) in [6.45, 7) is 0.833. The van der Waals surface area contributed by atoms with Crippen LogP contribution in [0.3, 0.4) is 0 Å². The number of ether oxygens (including phenoxy) is 1. The molecule has 0 spiro atoms. The normalized spacial score (nSPS) is 16.7. The molecule has 0 N–H and O–H groups in total. The Morgan fingerprint density at radius 1 is 1.23 bits per heavy atom. The zero-order chi connectivity index (χ0) is 15.5. The van der Waals surface area contributed by atoms with Gasteiger partial charge in [-0.05, 0) is 50.0 Å². The first-order valence-corrected chi connectivity index (χ1v) is 7.20. The van der Waals surface area contributed by atoms with E-state index in [4.69, 9.17) is 4.74 Å². The van der Waals surface area contributed by atoms with E-state index in [1.807, 2.05) is 50.5 Å². The first-order valence-electron chi connectivity index (χ1n) is 7.20. The van der Waals surface area contributed by atoms with Gasteiger partial charge in [0.15, 0.2) is 0 Å². The first kappa shape index (κ1) is 14.5. The van der Waals surface area contributed by atoms with E-state index in [2.05, 4.69) is 9.88 Å². The van der Waals surface area contributed by atoms with Crippen molar-refractivity contribution in [2.24, 2.45) is 0 Å². The number of aldehydes is 1. The van der Waals surface area contributed by atoms with E-state index in [9.17, 15) is 4.79 Å². The predicted molar refractivity (Wildman–Crippen MR) is 85.5 cm³/mol. The lowest BCUT2D eigenvalue weighted by Gasteiger charge is -2.23. The molecule has 4 nitrogen and oxygen atoms in total. The molecule has 0 amide bonds. The van der Waals surface area contributed by atoms with Gasteiger partial charge in [0.2, 0.25) is 0 Å². The van der Waals surface area contributed by atoms with Gasteiger partial charge in [-0.1, -0.05) is 6.07 Å². The molecule has 0 aliphatic carbocycles. The second-order valence-electron chi connectivity index (χ2n) is 5.64. The lowest BCUT2D eigenvalue weighted by atomic mass is 9.93. The molecule has 112 valence electrons. The van der Waals surface area contributed by atoms with Crippen LogP contribution >= 0.6 is 0 Å². The quantitative estimate of drug-likeness (QED) is 0.813. The highest BCUT2D eigenvalue weighted by Gasteiger charge is 2.22. The average Bonchev–Trinajstić information content (AvgIpc) is 2.54. The minimum atomic E-state index is -0.283. The molecule has 4 heteroatoms. The summed E-state index contributed by atoms with van der Waals surface area (Å²) in [7, 11) is 4.04. The Bertz CT molecular complexity index is 708. The number of fused-ring (bicyclic) bond motifs is 1. The third-order valence-corrected chi connectivity index (χ3v) is 3.59. The predicted octanol–water partition coefficient (Wildman–Crippen LogP) is 2.86. The minimum absolute atomic E-state index is 0.283. The van der Waals surface area contributed by atoms with Gasteiger partial charge in [0.25, 0.3) is 0 Å². The fourth-order valence-corrected chi connectivity index (χ4v) is 2.60. The molecule has 1 aliphatic heterocycles. The van der Waals surface area contributed by atoms with Gasteiger partial charge in [-0.2, -0.15) is 0 Å². The molecule has 0 saturated heterocycles. The highest BCUT2D eigenvalue weighted by atomic mass is 16.5. The number of benzene rings is 1. The lowest BCUT2D eigenvalue weighted by Crippen LogP contribution is -2.13. The van der Waals surface area contributed by atoms with Gasteiger partial charge in [-0.15, -0.1) is 0 Å². The Kier molecular flexibility index (Phi) is 4.02. The highest BCUT2D eigenvalue weighted by molar-refractivity contribution is 5.76. The summed E-state index contributed by atoms with van der Waals surface area (Å²) in [6.07, 6.45) is 6.25. The molecule has 1 aromatic carbocycles. The van der Waals surface area contributed by atoms with Crippen LogP contribution in [0.1, 0.15) is 22.6 Å². The van der Waals surface area contributed by atoms with E-state index in [0.717, 1.165) is 29.7 Å². The lowest BCUT2D eigenvalue weighted by molar-refractivity contribution is -0.108. The molecule has 1 unspecified atom stereocenters. The molecule has 2 heterocycles. The maximum Gasteiger partial charge on any atom is 0.131 e. The molecule has 0 bridgehead atoms. The fourth-order valence-electron chi connectivity index (χ4n) is 2.60. The molecular weight excluding hydrogens is 276 g/mol. The van der Waals surface area contributed by atoms with Crippen LogP contribution in [-0.2, 0) is 11.3 Å². The summed E-state index contributed by atoms with van der Waals surface area (Å²) in [5.74, 6) is 1.16. The number of allylic oxidation sites excluding steroid dienone is 1. The van der Waals surface area contributed by atoms with Crippen LogP contribution in [-0.4, -0.2) is 30.3 Å². The van der Waals surface area contributed by atoms with Gasteiger partial charge in [0, 0.05) is 30.1 Å². The summed E-state index contributed by atoms with van der Waals surface area (Å²) < 4.78 is 5.97. The van der Waals surface area contributed by atoms with E-state index in [0.29, 0.717) is 5.76 Å². The summed E-state index contributed by atoms with van der Waals surface area (Å²) in [5, 5.41) is 0. The Labute approximate surface area is 130 Å². The van der Waals surface area contributed by atoms with Gasteiger partial charge < -0.3 is 14.4 Å². The Hall–Kier alpha value is -2.46. The molecule has 0 fully saturated rings. The van der Waals surface area contributed by atoms with Gasteiger partial charge in [-0.3, -0.25) is 4.98 Å². The maximum absolute atomic E-state index is 11.5. The molecular formula is C18H18N2O2. The van der Waals surface area contributed by atoms with Crippen molar-refractivity contribution in [3.8, 4) is 5.75 Å². The number of aromatic nitrogens is 1. The van der Waals surface area contributed by atoms with E-state index in [1.54, 1.807) is 12.4 Å². The van der Waals surface area contributed by atoms with Crippen molar-refractivity contribution in [3.05, 3.63) is 65.5 Å². The summed E-state index contributed by atoms with van der Waals surface area (Å²) in [4.78, 5) is 17.6. The summed E-state index contributed by atoms with van der Waals surface area (Å²) in [6, 6.07) is 9.78. The van der Waals surface area contributed by atoms with E-state index >= 15 is 0 Å². The Morgan fingerprint density at radius 2 is 2.00 bits per heavy atom. The van der Waals surface area contributed by atoms with Crippen molar-refractivity contribution >= 4 is 12.0 Å². The number of rotatable bonds is 4. The molecule has 1 atom stereocenters. The number of carbonyl (C=O) groups is 1. The maximum atomic E-state index is 11.5. The van der Waals surface area contributed by atoms with Gasteiger partial charge in [-0.25, -0.2) is 0 Å². The number of hydrogen-bond acceptors (Lipinski definition) is 4. The van der Waals surface area contributed by atoms with E-state index < -0.39 is 0 Å². The average molecular weight is 294 g/mol. The van der Waals surface area contributed by atoms with Crippen LogP contribution < -0.4 is 4.74 Å². The van der Waals surface area contributed by atoms with Crippen LogP contribution in [0, 0.1) is 0 Å². The Morgan fingerprint density at radius 3 is 2.68 bits per heavy atom. The fraction of sp³-hybridized carbons (Fsp3) is 0.222. The summed E-state index contributed by atoms with van der Waals surface area (Å²) >= 11 is 0. The largest absolute Gasteiger partial charge is 0.457 e. The van der Waals surface area contributed by atoms with Crippen molar-refractivity contribution in [3.63, 3.8) is 0 Å². The van der Waals surface area contributed by atoms with Gasteiger partial charge in [0.05, 0.1) is 5.92 Å². The topological polar surface area (TPSA) is 42.4 Å². The molecule has 1 aromatic heterocycles. The smallest absolute Gasteiger partial charge is 0.131 e. The Balaban J connectivity index is 1.97. The summed E-state index contributed by atoms with van der Waals surface area (Å²) in [5.41, 5.74) is 3.01. The van der Waals surface area contributed by atoms with Crippen LogP contribution in [0.15, 0.2) is 48.8 Å². The van der Waals surface area contributed by atoms with Crippen molar-refractivity contribution in [1.29, 1.82) is 0 Å². The molecule has 2 aromatic rings. The van der Waals surface area contributed by atoms with Crippen LogP contribution in [0.25, 0.3) is 5.76 Å². The van der Waals surface area contributed by atoms with Crippen molar-refractivity contribution in [2.45, 2.75) is 12.5 Å². The van der Waals surface area contributed by atoms with Crippen LogP contribution in [0.5, 0.6) is 5.75 Å². The third-order valence-electron chi connectivity index (χ3n) is 3.59. The van der Waals surface area contributed by atoms with Crippen LogP contribution in [0.2, 0.25) is 0 Å². The van der Waals surface area contributed by atoms with Gasteiger partial charge in [0.1, 0.15) is 17.8 Å². The van der Waals surface area contributed by atoms with Crippen molar-refractivity contribution < 1.29 is 9.53 Å². The molecule has 22 heavy (non-hydrogen) atoms. The zero-order valence-electron chi connectivity index (χ0n) is 12.7. The monoisotopic (exact) mass is 294 g/mol. The number of pyridine rings is 1. The van der Waals surface area contributed by atoms with Crippen LogP contribution in [0.4, 0.5) is 0 Å². The first-order chi connectivity index (χ1) is 10.7. The van der Waals surface area contributed by atoms with Crippen molar-refractivity contribution in [2.75, 3.05) is 14.1 Å². The second kappa shape index (κ2) is 6.12. The number of carbonyl (C=O) groups excluding carboxylic acids is 1. The van der Waals surface area contributed by atoms with Gasteiger partial charge >= 0.3 is 0 Å². The minimum Gasteiger partial charge on any atom is -0.457 e. The highest BCUT2D eigenvalue weighted by Crippen LogP contribution is 2.37. The SMILES string of the molecule is CN(C)Cc1ccc2c(c1)C(C=O)C=C(c1ccncc1)O2. The molecule has 1 aliphatic rings. The standard InChI is InChI=1S/C18H18N2O2/c1-20(2)11-13-3-4-17-16(9-13)15(12-21)10-18(22-17)14-5-7-19-8-6-14/h3-10,12,15H,11H2,1-2H3. The number of hydrogen-bond donors (Lipinski definition) is 0. The molecule has 0 saturated carbocycles. The van der Waals surface area contributed by atoms with E-state index in [1.165, 1.54) is 5.56 Å². The molecule has 3 rings (SSSR count). The molecule has 0 radical (unpaired) electrons. The number of nitrogens with zero attached hydrogens (tertiary/aromatic N) is 2. The second-order valence-corrected chi connectivity index (χ2v) is 5.64. The third kappa shape index (κ3) is 2.92. The van der Waals surface area contributed by atoms with E-state index in [-0.39, 0.29) is 5.92 Å². The zero-order valence-corrected chi connectivity index (χ0v) is 12.7.